The molecule has 1 aliphatic carbocycles. The van der Waals surface area contributed by atoms with Crippen molar-refractivity contribution in [3.8, 4) is 11.1 Å². The fourth-order valence-corrected chi connectivity index (χ4v) is 4.40. The SMILES string of the molecule is CC(C)C(S)C(=O)NC1(C(=O)NC(Cc2ccc(-c3ccc(Cl)cc3)cc2)C(=O)O)CCCC1. The number of carbonyl (C=O) groups excluding carboxylic acids is 2. The number of halogens is 1. The fourth-order valence-electron chi connectivity index (χ4n) is 4.21. The first-order chi connectivity index (χ1) is 16.1. The van der Waals surface area contributed by atoms with Gasteiger partial charge in [-0.25, -0.2) is 4.79 Å². The summed E-state index contributed by atoms with van der Waals surface area (Å²) in [5.41, 5.74) is 1.67. The monoisotopic (exact) mass is 502 g/mol. The second-order valence-electron chi connectivity index (χ2n) is 9.24. The number of amides is 2. The molecule has 0 bridgehead atoms. The van der Waals surface area contributed by atoms with Crippen molar-refractivity contribution < 1.29 is 19.5 Å². The number of aliphatic carboxylic acids is 1. The molecule has 2 amide bonds. The first-order valence-electron chi connectivity index (χ1n) is 11.5. The van der Waals surface area contributed by atoms with E-state index in [0.717, 1.165) is 29.5 Å². The molecule has 1 saturated carbocycles. The second-order valence-corrected chi connectivity index (χ2v) is 10.2. The zero-order valence-corrected chi connectivity index (χ0v) is 21.0. The highest BCUT2D eigenvalue weighted by Gasteiger charge is 2.44. The van der Waals surface area contributed by atoms with Gasteiger partial charge < -0.3 is 15.7 Å². The molecule has 0 aromatic heterocycles. The van der Waals surface area contributed by atoms with E-state index in [9.17, 15) is 19.5 Å². The lowest BCUT2D eigenvalue weighted by molar-refractivity contribution is -0.143. The Morgan fingerprint density at radius 1 is 1.00 bits per heavy atom. The number of carbonyl (C=O) groups is 3. The summed E-state index contributed by atoms with van der Waals surface area (Å²) in [6, 6.07) is 13.9. The average Bonchev–Trinajstić information content (AvgIpc) is 3.28. The highest BCUT2D eigenvalue weighted by Crippen LogP contribution is 2.31. The fraction of sp³-hybridized carbons (Fsp3) is 0.423. The molecule has 2 atom stereocenters. The molecule has 0 spiro atoms. The Morgan fingerprint density at radius 2 is 1.53 bits per heavy atom. The van der Waals surface area contributed by atoms with Crippen molar-refractivity contribution >= 4 is 42.0 Å². The third-order valence-electron chi connectivity index (χ3n) is 6.33. The standard InChI is InChI=1S/C26H31ClN2O4S/c1-16(2)22(34)23(30)29-26(13-3-4-14-26)25(33)28-21(24(31)32)15-17-5-7-18(8-6-17)19-9-11-20(27)12-10-19/h5-12,16,21-22,34H,3-4,13-15H2,1-2H3,(H,28,33)(H,29,30)(H,31,32). The van der Waals surface area contributed by atoms with E-state index in [2.05, 4.69) is 23.3 Å². The van der Waals surface area contributed by atoms with Crippen LogP contribution in [0.2, 0.25) is 5.02 Å². The molecule has 2 aromatic carbocycles. The Hall–Kier alpha value is -2.51. The van der Waals surface area contributed by atoms with Gasteiger partial charge in [0.1, 0.15) is 11.6 Å². The summed E-state index contributed by atoms with van der Waals surface area (Å²) in [6.45, 7) is 3.77. The number of benzene rings is 2. The molecule has 1 fully saturated rings. The average molecular weight is 503 g/mol. The van der Waals surface area contributed by atoms with Gasteiger partial charge in [0, 0.05) is 11.4 Å². The minimum Gasteiger partial charge on any atom is -0.480 e. The Balaban J connectivity index is 1.71. The molecular formula is C26H31ClN2O4S. The van der Waals surface area contributed by atoms with Crippen LogP contribution in [-0.2, 0) is 20.8 Å². The molecule has 0 heterocycles. The van der Waals surface area contributed by atoms with Crippen molar-refractivity contribution in [1.29, 1.82) is 0 Å². The van der Waals surface area contributed by atoms with Crippen molar-refractivity contribution in [2.75, 3.05) is 0 Å². The number of hydrogen-bond acceptors (Lipinski definition) is 4. The normalized spacial score (nSPS) is 16.6. The van der Waals surface area contributed by atoms with Crippen LogP contribution in [0.4, 0.5) is 0 Å². The summed E-state index contributed by atoms with van der Waals surface area (Å²) in [6.07, 6.45) is 2.66. The van der Waals surface area contributed by atoms with E-state index in [4.69, 9.17) is 11.6 Å². The van der Waals surface area contributed by atoms with E-state index in [1.807, 2.05) is 62.4 Å². The van der Waals surface area contributed by atoms with Crippen molar-refractivity contribution in [2.45, 2.75) is 62.8 Å². The van der Waals surface area contributed by atoms with E-state index < -0.39 is 28.7 Å². The van der Waals surface area contributed by atoms with Gasteiger partial charge in [-0.3, -0.25) is 9.59 Å². The molecule has 1 aliphatic rings. The number of carboxylic acids is 1. The molecule has 182 valence electrons. The summed E-state index contributed by atoms with van der Waals surface area (Å²) in [5.74, 6) is -1.87. The maximum absolute atomic E-state index is 13.2. The van der Waals surface area contributed by atoms with Crippen molar-refractivity contribution in [3.63, 3.8) is 0 Å². The number of carboxylic acid groups (broad SMARTS) is 1. The molecule has 3 rings (SSSR count). The van der Waals surface area contributed by atoms with Crippen LogP contribution in [0.3, 0.4) is 0 Å². The Labute approximate surface area is 210 Å². The van der Waals surface area contributed by atoms with E-state index in [0.29, 0.717) is 17.9 Å². The van der Waals surface area contributed by atoms with Gasteiger partial charge in [-0.05, 0) is 47.6 Å². The maximum Gasteiger partial charge on any atom is 0.326 e. The highest BCUT2D eigenvalue weighted by atomic mass is 35.5. The molecule has 3 N–H and O–H groups in total. The van der Waals surface area contributed by atoms with Gasteiger partial charge >= 0.3 is 5.97 Å². The van der Waals surface area contributed by atoms with Crippen LogP contribution in [-0.4, -0.2) is 39.7 Å². The van der Waals surface area contributed by atoms with Crippen LogP contribution in [0.5, 0.6) is 0 Å². The smallest absolute Gasteiger partial charge is 0.326 e. The van der Waals surface area contributed by atoms with Crippen LogP contribution in [0.25, 0.3) is 11.1 Å². The van der Waals surface area contributed by atoms with Crippen molar-refractivity contribution in [1.82, 2.24) is 10.6 Å². The molecular weight excluding hydrogens is 472 g/mol. The summed E-state index contributed by atoms with van der Waals surface area (Å²) < 4.78 is 0. The maximum atomic E-state index is 13.2. The number of hydrogen-bond donors (Lipinski definition) is 4. The predicted octanol–water partition coefficient (Wildman–Crippen LogP) is 4.50. The van der Waals surface area contributed by atoms with Crippen LogP contribution < -0.4 is 10.6 Å². The highest BCUT2D eigenvalue weighted by molar-refractivity contribution is 7.81. The van der Waals surface area contributed by atoms with E-state index in [1.54, 1.807) is 0 Å². The summed E-state index contributed by atoms with van der Waals surface area (Å²) in [7, 11) is 0. The molecule has 8 heteroatoms. The summed E-state index contributed by atoms with van der Waals surface area (Å²) in [4.78, 5) is 37.9. The van der Waals surface area contributed by atoms with Crippen molar-refractivity contribution in [2.24, 2.45) is 5.92 Å². The Morgan fingerprint density at radius 3 is 2.03 bits per heavy atom. The lowest BCUT2D eigenvalue weighted by Gasteiger charge is -2.32. The summed E-state index contributed by atoms with van der Waals surface area (Å²) in [5, 5.41) is 15.5. The van der Waals surface area contributed by atoms with Crippen molar-refractivity contribution in [3.05, 3.63) is 59.1 Å². The first kappa shape index (κ1) is 26.1. The van der Waals surface area contributed by atoms with Gasteiger partial charge in [-0.1, -0.05) is 74.7 Å². The Kier molecular flexibility index (Phi) is 8.66. The zero-order valence-electron chi connectivity index (χ0n) is 19.4. The molecule has 0 saturated heterocycles. The number of rotatable bonds is 9. The number of thiol groups is 1. The zero-order chi connectivity index (χ0) is 24.9. The third-order valence-corrected chi connectivity index (χ3v) is 7.41. The molecule has 0 radical (unpaired) electrons. The van der Waals surface area contributed by atoms with Gasteiger partial charge in [0.15, 0.2) is 0 Å². The molecule has 6 nitrogen and oxygen atoms in total. The second kappa shape index (κ2) is 11.3. The number of nitrogens with one attached hydrogen (secondary N) is 2. The van der Waals surface area contributed by atoms with Gasteiger partial charge in [0.05, 0.1) is 5.25 Å². The van der Waals surface area contributed by atoms with Crippen LogP contribution in [0, 0.1) is 5.92 Å². The lowest BCUT2D eigenvalue weighted by Crippen LogP contribution is -2.61. The predicted molar refractivity (Wildman–Crippen MR) is 137 cm³/mol. The largest absolute Gasteiger partial charge is 0.480 e. The van der Waals surface area contributed by atoms with Gasteiger partial charge in [0.2, 0.25) is 11.8 Å². The molecule has 2 aromatic rings. The van der Waals surface area contributed by atoms with E-state index in [-0.39, 0.29) is 18.2 Å². The van der Waals surface area contributed by atoms with Gasteiger partial charge in [0.25, 0.3) is 0 Å². The van der Waals surface area contributed by atoms with E-state index in [1.165, 1.54) is 0 Å². The summed E-state index contributed by atoms with van der Waals surface area (Å²) >= 11 is 10.3. The minimum absolute atomic E-state index is 0.00691. The molecule has 34 heavy (non-hydrogen) atoms. The molecule has 0 aliphatic heterocycles. The first-order valence-corrected chi connectivity index (χ1v) is 12.4. The van der Waals surface area contributed by atoms with Gasteiger partial charge in [-0.2, -0.15) is 12.6 Å². The quantitative estimate of drug-likeness (QED) is 0.379. The molecule has 2 unspecified atom stereocenters. The minimum atomic E-state index is -1.12. The lowest BCUT2D eigenvalue weighted by atomic mass is 9.94. The van der Waals surface area contributed by atoms with E-state index >= 15 is 0 Å². The topological polar surface area (TPSA) is 95.5 Å². The third kappa shape index (κ3) is 6.33. The van der Waals surface area contributed by atoms with Crippen LogP contribution in [0.1, 0.15) is 45.1 Å². The van der Waals surface area contributed by atoms with Crippen LogP contribution in [0.15, 0.2) is 48.5 Å². The Bertz CT molecular complexity index is 1020. The van der Waals surface area contributed by atoms with Gasteiger partial charge in [-0.15, -0.1) is 0 Å². The van der Waals surface area contributed by atoms with Crippen LogP contribution >= 0.6 is 24.2 Å².